The molecule has 0 unspecified atom stereocenters. The Morgan fingerprint density at radius 2 is 1.85 bits per heavy atom. The maximum Gasteiger partial charge on any atom is 0.219 e. The number of hydrogen-bond donors (Lipinski definition) is 1. The number of H-pyrrole nitrogens is 1. The summed E-state index contributed by atoms with van der Waals surface area (Å²) in [5, 5.41) is 1.18. The molecule has 2 aliphatic rings. The Morgan fingerprint density at radius 3 is 2.60 bits per heavy atom. The zero-order chi connectivity index (χ0) is 28.1. The number of carbonyl (C=O) groups excluding carboxylic acids is 1. The van der Waals surface area contributed by atoms with Crippen molar-refractivity contribution in [1.82, 2.24) is 19.9 Å². The van der Waals surface area contributed by atoms with Crippen LogP contribution in [-0.2, 0) is 17.8 Å². The van der Waals surface area contributed by atoms with Gasteiger partial charge >= 0.3 is 0 Å². The Labute approximate surface area is 237 Å². The number of hydrogen-bond acceptors (Lipinski definition) is 5. The van der Waals surface area contributed by atoms with Crippen LogP contribution in [0.15, 0.2) is 42.6 Å². The van der Waals surface area contributed by atoms with E-state index in [1.807, 2.05) is 4.90 Å². The largest absolute Gasteiger partial charge is 0.366 e. The SMILES string of the molecule is CC(=O)N1CCN(c2nc(-c3cccc4[nH]cc(C)c34)nc3c2CN(c2cc(C(C)C)ccc2C)CC3)C[C@H]1C. The standard InChI is InChI=1S/C33H40N6O/c1-20(2)25-11-10-21(3)30(16-25)37-13-12-28-27(19-37)33(38-14-15-39(24(6)40)23(5)18-38)36-32(35-28)26-8-7-9-29-31(26)22(4)17-34-29/h7-11,16-17,20,23,34H,12-15,18-19H2,1-6H3/t23-/m1/s1. The molecule has 0 bridgehead atoms. The smallest absolute Gasteiger partial charge is 0.219 e. The Kier molecular flexibility index (Phi) is 6.77. The van der Waals surface area contributed by atoms with Crippen LogP contribution in [0.3, 0.4) is 0 Å². The lowest BCUT2D eigenvalue weighted by atomic mass is 9.98. The van der Waals surface area contributed by atoms with E-state index in [9.17, 15) is 4.79 Å². The summed E-state index contributed by atoms with van der Waals surface area (Å²) in [6.07, 6.45) is 2.93. The van der Waals surface area contributed by atoms with Crippen LogP contribution in [0.4, 0.5) is 11.5 Å². The number of benzene rings is 2. The summed E-state index contributed by atoms with van der Waals surface area (Å²) in [5.74, 6) is 2.42. The molecule has 2 aromatic heterocycles. The molecule has 2 aromatic carbocycles. The van der Waals surface area contributed by atoms with E-state index in [1.54, 1.807) is 6.92 Å². The second kappa shape index (κ2) is 10.3. The number of amides is 1. The highest BCUT2D eigenvalue weighted by molar-refractivity contribution is 5.96. The van der Waals surface area contributed by atoms with Gasteiger partial charge in [0, 0.05) is 86.0 Å². The Balaban J connectivity index is 1.45. The molecule has 1 atom stereocenters. The molecule has 4 heterocycles. The zero-order valence-corrected chi connectivity index (χ0v) is 24.6. The van der Waals surface area contributed by atoms with Gasteiger partial charge in [-0.25, -0.2) is 9.97 Å². The van der Waals surface area contributed by atoms with Gasteiger partial charge in [-0.2, -0.15) is 0 Å². The predicted molar refractivity (Wildman–Crippen MR) is 163 cm³/mol. The number of carbonyl (C=O) groups is 1. The minimum atomic E-state index is 0.125. The quantitative estimate of drug-likeness (QED) is 0.347. The summed E-state index contributed by atoms with van der Waals surface area (Å²) in [4.78, 5) is 33.0. The van der Waals surface area contributed by atoms with E-state index in [1.165, 1.54) is 33.3 Å². The van der Waals surface area contributed by atoms with Crippen molar-refractivity contribution < 1.29 is 4.79 Å². The third kappa shape index (κ3) is 4.61. The second-order valence-corrected chi connectivity index (χ2v) is 11.9. The van der Waals surface area contributed by atoms with Crippen molar-refractivity contribution in [3.8, 4) is 11.4 Å². The lowest BCUT2D eigenvalue weighted by Crippen LogP contribution is -2.54. The van der Waals surface area contributed by atoms with E-state index in [4.69, 9.17) is 9.97 Å². The molecule has 7 heteroatoms. The van der Waals surface area contributed by atoms with Crippen LogP contribution in [0.5, 0.6) is 0 Å². The van der Waals surface area contributed by atoms with Gasteiger partial charge in [0.05, 0.1) is 5.69 Å². The highest BCUT2D eigenvalue weighted by Gasteiger charge is 2.31. The molecular formula is C33H40N6O. The van der Waals surface area contributed by atoms with Crippen LogP contribution in [0, 0.1) is 13.8 Å². The van der Waals surface area contributed by atoms with Gasteiger partial charge in [0.15, 0.2) is 5.82 Å². The number of aromatic amines is 1. The Bertz CT molecular complexity index is 1590. The maximum atomic E-state index is 12.2. The number of aryl methyl sites for hydroxylation is 2. The van der Waals surface area contributed by atoms with Crippen LogP contribution >= 0.6 is 0 Å². The molecule has 7 nitrogen and oxygen atoms in total. The van der Waals surface area contributed by atoms with Gasteiger partial charge in [-0.05, 0) is 55.5 Å². The summed E-state index contributed by atoms with van der Waals surface area (Å²) >= 11 is 0. The molecule has 0 saturated carbocycles. The van der Waals surface area contributed by atoms with Gasteiger partial charge in [0.2, 0.25) is 5.91 Å². The highest BCUT2D eigenvalue weighted by atomic mass is 16.2. The summed E-state index contributed by atoms with van der Waals surface area (Å²) in [6, 6.07) is 13.3. The number of nitrogens with zero attached hydrogens (tertiary/aromatic N) is 5. The van der Waals surface area contributed by atoms with Crippen LogP contribution in [-0.4, -0.2) is 58.0 Å². The maximum absolute atomic E-state index is 12.2. The van der Waals surface area contributed by atoms with Crippen molar-refractivity contribution >= 4 is 28.3 Å². The molecule has 0 radical (unpaired) electrons. The van der Waals surface area contributed by atoms with Crippen LogP contribution in [0.2, 0.25) is 0 Å². The van der Waals surface area contributed by atoms with E-state index in [-0.39, 0.29) is 11.9 Å². The van der Waals surface area contributed by atoms with Crippen molar-refractivity contribution in [2.45, 2.75) is 66.5 Å². The van der Waals surface area contributed by atoms with Crippen molar-refractivity contribution in [2.75, 3.05) is 36.0 Å². The number of nitrogens with one attached hydrogen (secondary N) is 1. The topological polar surface area (TPSA) is 68.4 Å². The number of rotatable bonds is 4. The first-order chi connectivity index (χ1) is 19.2. The van der Waals surface area contributed by atoms with Crippen LogP contribution in [0.25, 0.3) is 22.3 Å². The summed E-state index contributed by atoms with van der Waals surface area (Å²) in [7, 11) is 0. The normalized spacial score (nSPS) is 17.6. The number of anilines is 2. The van der Waals surface area contributed by atoms with Gasteiger partial charge < -0.3 is 19.7 Å². The minimum absolute atomic E-state index is 0.125. The van der Waals surface area contributed by atoms with Crippen molar-refractivity contribution in [3.63, 3.8) is 0 Å². The Morgan fingerprint density at radius 1 is 1.02 bits per heavy atom. The molecule has 40 heavy (non-hydrogen) atoms. The lowest BCUT2D eigenvalue weighted by molar-refractivity contribution is -0.131. The summed E-state index contributed by atoms with van der Waals surface area (Å²) < 4.78 is 0. The molecule has 1 saturated heterocycles. The fourth-order valence-electron chi connectivity index (χ4n) is 6.47. The van der Waals surface area contributed by atoms with Crippen molar-refractivity contribution in [1.29, 1.82) is 0 Å². The van der Waals surface area contributed by atoms with Gasteiger partial charge in [0.25, 0.3) is 0 Å². The van der Waals surface area contributed by atoms with Crippen LogP contribution in [0.1, 0.15) is 61.6 Å². The molecule has 0 aliphatic carbocycles. The molecule has 1 fully saturated rings. The first-order valence-corrected chi connectivity index (χ1v) is 14.6. The fraction of sp³-hybridized carbons (Fsp3) is 0.424. The monoisotopic (exact) mass is 536 g/mol. The minimum Gasteiger partial charge on any atom is -0.366 e. The third-order valence-electron chi connectivity index (χ3n) is 8.75. The predicted octanol–water partition coefficient (Wildman–Crippen LogP) is 5.98. The van der Waals surface area contributed by atoms with E-state index in [0.717, 1.165) is 61.0 Å². The van der Waals surface area contributed by atoms with Gasteiger partial charge in [-0.3, -0.25) is 4.79 Å². The third-order valence-corrected chi connectivity index (χ3v) is 8.75. The fourth-order valence-corrected chi connectivity index (χ4v) is 6.47. The second-order valence-electron chi connectivity index (χ2n) is 11.9. The lowest BCUT2D eigenvalue weighted by Gasteiger charge is -2.42. The molecule has 1 N–H and O–H groups in total. The molecular weight excluding hydrogens is 496 g/mol. The average molecular weight is 537 g/mol. The molecule has 2 aliphatic heterocycles. The van der Waals surface area contributed by atoms with E-state index < -0.39 is 0 Å². The first kappa shape index (κ1) is 26.4. The number of fused-ring (bicyclic) bond motifs is 2. The average Bonchev–Trinajstić information content (AvgIpc) is 3.33. The number of aromatic nitrogens is 3. The molecule has 208 valence electrons. The van der Waals surface area contributed by atoms with Gasteiger partial charge in [-0.15, -0.1) is 0 Å². The van der Waals surface area contributed by atoms with Crippen molar-refractivity contribution in [2.24, 2.45) is 0 Å². The van der Waals surface area contributed by atoms with E-state index >= 15 is 0 Å². The molecule has 1 amide bonds. The molecule has 6 rings (SSSR count). The van der Waals surface area contributed by atoms with E-state index in [0.29, 0.717) is 12.5 Å². The zero-order valence-electron chi connectivity index (χ0n) is 24.6. The van der Waals surface area contributed by atoms with Gasteiger partial charge in [-0.1, -0.05) is 38.1 Å². The van der Waals surface area contributed by atoms with Crippen LogP contribution < -0.4 is 9.80 Å². The molecule has 4 aromatic rings. The Hall–Kier alpha value is -3.87. The number of piperazine rings is 1. The summed E-state index contributed by atoms with van der Waals surface area (Å²) in [6.45, 7) is 16.6. The summed E-state index contributed by atoms with van der Waals surface area (Å²) in [5.41, 5.74) is 9.68. The highest BCUT2D eigenvalue weighted by Crippen LogP contribution is 2.36. The van der Waals surface area contributed by atoms with E-state index in [2.05, 4.69) is 92.0 Å². The van der Waals surface area contributed by atoms with Crippen molar-refractivity contribution in [3.05, 3.63) is 70.5 Å². The van der Waals surface area contributed by atoms with Gasteiger partial charge in [0.1, 0.15) is 5.82 Å². The first-order valence-electron chi connectivity index (χ1n) is 14.6. The molecule has 0 spiro atoms.